The van der Waals surface area contributed by atoms with Crippen molar-refractivity contribution in [2.75, 3.05) is 6.61 Å². The van der Waals surface area contributed by atoms with Crippen LogP contribution in [-0.4, -0.2) is 12.2 Å². The number of hydrogen-bond acceptors (Lipinski definition) is 1. The Bertz CT molecular complexity index is 185. The lowest BCUT2D eigenvalue weighted by Crippen LogP contribution is -2.37. The molecule has 1 nitrogen and oxygen atoms in total. The average Bonchev–Trinajstić information content (AvgIpc) is 2.31. The molecule has 1 aliphatic heterocycles. The van der Waals surface area contributed by atoms with Gasteiger partial charge in [-0.1, -0.05) is 31.9 Å². The smallest absolute Gasteiger partial charge is 0.0692 e. The summed E-state index contributed by atoms with van der Waals surface area (Å²) < 4.78 is 6.02. The average molecular weight is 180 g/mol. The van der Waals surface area contributed by atoms with Gasteiger partial charge < -0.3 is 4.74 Å². The van der Waals surface area contributed by atoms with Crippen molar-refractivity contribution in [2.24, 2.45) is 5.92 Å². The monoisotopic (exact) mass is 180 g/mol. The third kappa shape index (κ3) is 2.14. The second kappa shape index (κ2) is 3.83. The molecule has 1 aliphatic carbocycles. The van der Waals surface area contributed by atoms with Crippen LogP contribution < -0.4 is 0 Å². The molecule has 0 aromatic heterocycles. The summed E-state index contributed by atoms with van der Waals surface area (Å²) in [5.41, 5.74) is 0.251. The van der Waals surface area contributed by atoms with Crippen LogP contribution in [0.2, 0.25) is 0 Å². The first-order chi connectivity index (χ1) is 6.31. The van der Waals surface area contributed by atoms with Gasteiger partial charge in [0.05, 0.1) is 12.2 Å². The highest BCUT2D eigenvalue weighted by atomic mass is 16.5. The molecule has 1 heterocycles. The van der Waals surface area contributed by atoms with Gasteiger partial charge >= 0.3 is 0 Å². The van der Waals surface area contributed by atoms with E-state index in [1.165, 1.54) is 38.5 Å². The molecule has 0 bridgehead atoms. The van der Waals surface area contributed by atoms with Gasteiger partial charge in [-0.15, -0.1) is 0 Å². The zero-order valence-corrected chi connectivity index (χ0v) is 8.59. The molecule has 1 fully saturated rings. The summed E-state index contributed by atoms with van der Waals surface area (Å²) in [4.78, 5) is 0. The topological polar surface area (TPSA) is 9.23 Å². The molecular formula is C12H20O. The Balaban J connectivity index is 2.01. The van der Waals surface area contributed by atoms with E-state index in [-0.39, 0.29) is 5.60 Å². The van der Waals surface area contributed by atoms with E-state index < -0.39 is 0 Å². The summed E-state index contributed by atoms with van der Waals surface area (Å²) in [6.45, 7) is 3.20. The molecule has 0 amide bonds. The maximum Gasteiger partial charge on any atom is 0.0692 e. The quantitative estimate of drug-likeness (QED) is 0.520. The summed E-state index contributed by atoms with van der Waals surface area (Å²) >= 11 is 0. The molecular weight excluding hydrogens is 160 g/mol. The fourth-order valence-electron chi connectivity index (χ4n) is 2.80. The van der Waals surface area contributed by atoms with E-state index in [9.17, 15) is 0 Å². The Labute approximate surface area is 81.2 Å². The predicted molar refractivity (Wildman–Crippen MR) is 54.7 cm³/mol. The highest BCUT2D eigenvalue weighted by molar-refractivity contribution is 4.95. The van der Waals surface area contributed by atoms with Crippen molar-refractivity contribution in [1.82, 2.24) is 0 Å². The van der Waals surface area contributed by atoms with Crippen molar-refractivity contribution in [1.29, 1.82) is 0 Å². The van der Waals surface area contributed by atoms with Crippen molar-refractivity contribution in [3.8, 4) is 0 Å². The Morgan fingerprint density at radius 2 is 2.23 bits per heavy atom. The first-order valence-corrected chi connectivity index (χ1v) is 5.60. The minimum Gasteiger partial charge on any atom is -0.371 e. The van der Waals surface area contributed by atoms with Crippen LogP contribution in [0.5, 0.6) is 0 Å². The van der Waals surface area contributed by atoms with Crippen molar-refractivity contribution in [3.63, 3.8) is 0 Å². The molecule has 0 aromatic carbocycles. The third-order valence-corrected chi connectivity index (χ3v) is 3.47. The summed E-state index contributed by atoms with van der Waals surface area (Å²) in [5.74, 6) is 0.867. The van der Waals surface area contributed by atoms with Gasteiger partial charge in [0.2, 0.25) is 0 Å². The van der Waals surface area contributed by atoms with Crippen LogP contribution in [0.1, 0.15) is 45.4 Å². The predicted octanol–water partition coefficient (Wildman–Crippen LogP) is 3.30. The second-order valence-corrected chi connectivity index (χ2v) is 4.71. The van der Waals surface area contributed by atoms with E-state index in [1.807, 2.05) is 0 Å². The zero-order valence-electron chi connectivity index (χ0n) is 8.59. The van der Waals surface area contributed by atoms with E-state index in [0.717, 1.165) is 12.5 Å². The van der Waals surface area contributed by atoms with Crippen LogP contribution in [0, 0.1) is 5.92 Å². The molecule has 0 N–H and O–H groups in total. The molecule has 1 heteroatoms. The molecule has 74 valence electrons. The van der Waals surface area contributed by atoms with Gasteiger partial charge in [0.15, 0.2) is 0 Å². The number of rotatable bonds is 0. The second-order valence-electron chi connectivity index (χ2n) is 4.71. The summed E-state index contributed by atoms with van der Waals surface area (Å²) in [5, 5.41) is 0. The van der Waals surface area contributed by atoms with E-state index in [4.69, 9.17) is 4.74 Å². The van der Waals surface area contributed by atoms with Gasteiger partial charge in [-0.3, -0.25) is 0 Å². The maximum atomic E-state index is 6.02. The van der Waals surface area contributed by atoms with Crippen LogP contribution >= 0.6 is 0 Å². The molecule has 2 atom stereocenters. The molecule has 0 unspecified atom stereocenters. The standard InChI is InChI=1S/C12H20O/c1-11-6-5-8-12(10-11)7-3-2-4-9-13-12/h2,4,11H,3,5-10H2,1H3/t11-,12+/m0/s1. The zero-order chi connectivity index (χ0) is 9.15. The van der Waals surface area contributed by atoms with E-state index >= 15 is 0 Å². The number of ether oxygens (including phenoxy) is 1. The van der Waals surface area contributed by atoms with Crippen molar-refractivity contribution < 1.29 is 4.74 Å². The largest absolute Gasteiger partial charge is 0.371 e. The van der Waals surface area contributed by atoms with Crippen LogP contribution in [0.15, 0.2) is 12.2 Å². The van der Waals surface area contributed by atoms with Gasteiger partial charge in [-0.2, -0.15) is 0 Å². The first kappa shape index (κ1) is 9.26. The first-order valence-electron chi connectivity index (χ1n) is 5.60. The molecule has 13 heavy (non-hydrogen) atoms. The highest BCUT2D eigenvalue weighted by Gasteiger charge is 2.35. The lowest BCUT2D eigenvalue weighted by molar-refractivity contribution is -0.0714. The van der Waals surface area contributed by atoms with E-state index in [1.54, 1.807) is 0 Å². The van der Waals surface area contributed by atoms with E-state index in [2.05, 4.69) is 19.1 Å². The molecule has 2 rings (SSSR count). The lowest BCUT2D eigenvalue weighted by atomic mass is 9.76. The van der Waals surface area contributed by atoms with Crippen LogP contribution in [0.4, 0.5) is 0 Å². The highest BCUT2D eigenvalue weighted by Crippen LogP contribution is 2.39. The Hall–Kier alpha value is -0.300. The third-order valence-electron chi connectivity index (χ3n) is 3.47. The fraction of sp³-hybridized carbons (Fsp3) is 0.833. The maximum absolute atomic E-state index is 6.02. The molecule has 0 aromatic rings. The number of hydrogen-bond donors (Lipinski definition) is 0. The van der Waals surface area contributed by atoms with Crippen molar-refractivity contribution in [2.45, 2.75) is 51.0 Å². The SMILES string of the molecule is C[C@H]1CCC[C@]2(CCC=CCO2)C1. The van der Waals surface area contributed by atoms with Gasteiger partial charge in [0.1, 0.15) is 0 Å². The van der Waals surface area contributed by atoms with Crippen LogP contribution in [-0.2, 0) is 4.74 Å². The van der Waals surface area contributed by atoms with Crippen molar-refractivity contribution >= 4 is 0 Å². The summed E-state index contributed by atoms with van der Waals surface area (Å²) in [6, 6.07) is 0. The van der Waals surface area contributed by atoms with E-state index in [0.29, 0.717) is 0 Å². The van der Waals surface area contributed by atoms with Gasteiger partial charge in [0.25, 0.3) is 0 Å². The summed E-state index contributed by atoms with van der Waals surface area (Å²) in [7, 11) is 0. The van der Waals surface area contributed by atoms with Crippen LogP contribution in [0.25, 0.3) is 0 Å². The van der Waals surface area contributed by atoms with Gasteiger partial charge in [-0.05, 0) is 31.6 Å². The lowest BCUT2D eigenvalue weighted by Gasteiger charge is -2.39. The molecule has 0 saturated heterocycles. The molecule has 1 spiro atoms. The normalized spacial score (nSPS) is 40.5. The molecule has 2 aliphatic rings. The minimum atomic E-state index is 0.251. The van der Waals surface area contributed by atoms with Crippen molar-refractivity contribution in [3.05, 3.63) is 12.2 Å². The Morgan fingerprint density at radius 1 is 1.31 bits per heavy atom. The van der Waals surface area contributed by atoms with Gasteiger partial charge in [0, 0.05) is 0 Å². The minimum absolute atomic E-state index is 0.251. The molecule has 1 saturated carbocycles. The fourth-order valence-corrected chi connectivity index (χ4v) is 2.80. The van der Waals surface area contributed by atoms with Crippen LogP contribution in [0.3, 0.4) is 0 Å². The van der Waals surface area contributed by atoms with Gasteiger partial charge in [-0.25, -0.2) is 0 Å². The Morgan fingerprint density at radius 3 is 3.08 bits per heavy atom. The Kier molecular flexibility index (Phi) is 2.73. The number of allylic oxidation sites excluding steroid dienone is 1. The summed E-state index contributed by atoms with van der Waals surface area (Å²) in [6.07, 6.45) is 12.2. The molecule has 0 radical (unpaired) electrons.